The van der Waals surface area contributed by atoms with Crippen molar-refractivity contribution in [2.45, 2.75) is 20.0 Å². The second kappa shape index (κ2) is 6.03. The summed E-state index contributed by atoms with van der Waals surface area (Å²) in [4.78, 5) is 11.0. The average Bonchev–Trinajstić information content (AvgIpc) is 2.27. The van der Waals surface area contributed by atoms with Crippen molar-refractivity contribution >= 4 is 6.09 Å². The Kier molecular flexibility index (Phi) is 4.63. The van der Waals surface area contributed by atoms with E-state index in [-0.39, 0.29) is 0 Å². The van der Waals surface area contributed by atoms with Gasteiger partial charge in [-0.3, -0.25) is 0 Å². The first kappa shape index (κ1) is 11.5. The van der Waals surface area contributed by atoms with Crippen LogP contribution in [-0.4, -0.2) is 12.7 Å². The minimum Gasteiger partial charge on any atom is -0.450 e. The molecule has 0 aliphatic heterocycles. The summed E-state index contributed by atoms with van der Waals surface area (Å²) in [7, 11) is 0. The summed E-state index contributed by atoms with van der Waals surface area (Å²) in [6.45, 7) is 3.13. The molecule has 0 aliphatic carbocycles. The van der Waals surface area contributed by atoms with Crippen molar-refractivity contribution in [3.63, 3.8) is 0 Å². The lowest BCUT2D eigenvalue weighted by Crippen LogP contribution is -2.23. The summed E-state index contributed by atoms with van der Waals surface area (Å²) in [6, 6.07) is 7.77. The van der Waals surface area contributed by atoms with Gasteiger partial charge in [0.05, 0.1) is 6.61 Å². The van der Waals surface area contributed by atoms with Gasteiger partial charge in [0, 0.05) is 13.1 Å². The first-order chi connectivity index (χ1) is 7.26. The molecule has 0 atom stereocenters. The quantitative estimate of drug-likeness (QED) is 0.786. The molecule has 3 N–H and O–H groups in total. The molecule has 4 nitrogen and oxygen atoms in total. The minimum absolute atomic E-state index is 0.384. The SMILES string of the molecule is CCOC(=O)NCc1cccc(CN)c1. The summed E-state index contributed by atoms with van der Waals surface area (Å²) in [5.74, 6) is 0. The van der Waals surface area contributed by atoms with Gasteiger partial charge >= 0.3 is 6.09 Å². The number of ether oxygens (including phenoxy) is 1. The second-order valence-corrected chi connectivity index (χ2v) is 3.10. The van der Waals surface area contributed by atoms with Crippen molar-refractivity contribution in [3.05, 3.63) is 35.4 Å². The topological polar surface area (TPSA) is 64.3 Å². The Morgan fingerprint density at radius 1 is 1.47 bits per heavy atom. The first-order valence-electron chi connectivity index (χ1n) is 4.94. The van der Waals surface area contributed by atoms with Gasteiger partial charge in [-0.15, -0.1) is 0 Å². The molecular weight excluding hydrogens is 192 g/mol. The van der Waals surface area contributed by atoms with Crippen molar-refractivity contribution in [2.75, 3.05) is 6.61 Å². The fourth-order valence-electron chi connectivity index (χ4n) is 1.22. The van der Waals surface area contributed by atoms with Crippen molar-refractivity contribution < 1.29 is 9.53 Å². The lowest BCUT2D eigenvalue weighted by atomic mass is 10.1. The number of alkyl carbamates (subject to hydrolysis) is 1. The van der Waals surface area contributed by atoms with Gasteiger partial charge in [0.1, 0.15) is 0 Å². The number of nitrogens with one attached hydrogen (secondary N) is 1. The van der Waals surface area contributed by atoms with Crippen molar-refractivity contribution in [3.8, 4) is 0 Å². The van der Waals surface area contributed by atoms with Crippen LogP contribution in [0.4, 0.5) is 4.79 Å². The monoisotopic (exact) mass is 208 g/mol. The molecule has 4 heteroatoms. The smallest absolute Gasteiger partial charge is 0.407 e. The van der Waals surface area contributed by atoms with Gasteiger partial charge in [0.2, 0.25) is 0 Å². The van der Waals surface area contributed by atoms with Crippen LogP contribution in [0.2, 0.25) is 0 Å². The largest absolute Gasteiger partial charge is 0.450 e. The molecule has 15 heavy (non-hydrogen) atoms. The summed E-state index contributed by atoms with van der Waals surface area (Å²) in [6.07, 6.45) is -0.393. The van der Waals surface area contributed by atoms with E-state index in [1.54, 1.807) is 6.92 Å². The molecule has 0 saturated carbocycles. The molecule has 0 aliphatic rings. The Morgan fingerprint density at radius 2 is 2.20 bits per heavy atom. The molecule has 0 bridgehead atoms. The summed E-state index contributed by atoms with van der Waals surface area (Å²) >= 11 is 0. The van der Waals surface area contributed by atoms with E-state index in [9.17, 15) is 4.79 Å². The van der Waals surface area contributed by atoms with Crippen LogP contribution in [0.1, 0.15) is 18.1 Å². The molecule has 1 aromatic rings. The summed E-state index contributed by atoms with van der Waals surface area (Å²) < 4.78 is 4.75. The van der Waals surface area contributed by atoms with Gasteiger partial charge in [-0.2, -0.15) is 0 Å². The zero-order valence-electron chi connectivity index (χ0n) is 8.82. The fraction of sp³-hybridized carbons (Fsp3) is 0.364. The van der Waals surface area contributed by atoms with Gasteiger partial charge in [0.15, 0.2) is 0 Å². The Labute approximate surface area is 89.4 Å². The molecule has 0 unspecified atom stereocenters. The lowest BCUT2D eigenvalue weighted by molar-refractivity contribution is 0.151. The maximum absolute atomic E-state index is 11.0. The molecule has 1 aromatic carbocycles. The number of carbonyl (C=O) groups excluding carboxylic acids is 1. The number of rotatable bonds is 4. The molecule has 0 heterocycles. The third-order valence-electron chi connectivity index (χ3n) is 1.94. The molecular formula is C11H16N2O2. The molecule has 82 valence electrons. The van der Waals surface area contributed by atoms with E-state index >= 15 is 0 Å². The predicted octanol–water partition coefficient (Wildman–Crippen LogP) is 1.39. The highest BCUT2D eigenvalue weighted by Crippen LogP contribution is 2.04. The van der Waals surface area contributed by atoms with E-state index in [1.165, 1.54) is 0 Å². The molecule has 0 spiro atoms. The standard InChI is InChI=1S/C11H16N2O2/c1-2-15-11(14)13-8-10-5-3-4-9(6-10)7-12/h3-6H,2,7-8,12H2,1H3,(H,13,14). The molecule has 0 fully saturated rings. The minimum atomic E-state index is -0.393. The zero-order chi connectivity index (χ0) is 11.1. The number of carbonyl (C=O) groups is 1. The summed E-state index contributed by atoms with van der Waals surface area (Å²) in [5, 5.41) is 2.65. The molecule has 1 amide bonds. The van der Waals surface area contributed by atoms with Gasteiger partial charge in [0.25, 0.3) is 0 Å². The van der Waals surface area contributed by atoms with Crippen molar-refractivity contribution in [2.24, 2.45) is 5.73 Å². The molecule has 0 aromatic heterocycles. The number of hydrogen-bond acceptors (Lipinski definition) is 3. The van der Waals surface area contributed by atoms with Crippen LogP contribution in [0.5, 0.6) is 0 Å². The fourth-order valence-corrected chi connectivity index (χ4v) is 1.22. The lowest BCUT2D eigenvalue weighted by Gasteiger charge is -2.06. The maximum Gasteiger partial charge on any atom is 0.407 e. The maximum atomic E-state index is 11.0. The van der Waals surface area contributed by atoms with Crippen LogP contribution >= 0.6 is 0 Å². The summed E-state index contributed by atoms with van der Waals surface area (Å²) in [5.41, 5.74) is 7.58. The van der Waals surface area contributed by atoms with Gasteiger partial charge in [-0.1, -0.05) is 24.3 Å². The van der Waals surface area contributed by atoms with E-state index in [0.29, 0.717) is 19.7 Å². The van der Waals surface area contributed by atoms with Crippen LogP contribution < -0.4 is 11.1 Å². The Bertz CT molecular complexity index is 326. The molecule has 0 radical (unpaired) electrons. The van der Waals surface area contributed by atoms with Crippen LogP contribution in [0, 0.1) is 0 Å². The van der Waals surface area contributed by atoms with Crippen molar-refractivity contribution in [1.82, 2.24) is 5.32 Å². The van der Waals surface area contributed by atoms with Crippen LogP contribution in [0.25, 0.3) is 0 Å². The zero-order valence-corrected chi connectivity index (χ0v) is 8.82. The molecule has 0 saturated heterocycles. The number of nitrogens with two attached hydrogens (primary N) is 1. The van der Waals surface area contributed by atoms with Crippen LogP contribution in [0.15, 0.2) is 24.3 Å². The Morgan fingerprint density at radius 3 is 2.87 bits per heavy atom. The van der Waals surface area contributed by atoms with Crippen molar-refractivity contribution in [1.29, 1.82) is 0 Å². The number of amides is 1. The highest BCUT2D eigenvalue weighted by molar-refractivity contribution is 5.67. The van der Waals surface area contributed by atoms with Crippen LogP contribution in [0.3, 0.4) is 0 Å². The highest BCUT2D eigenvalue weighted by atomic mass is 16.5. The van der Waals surface area contributed by atoms with E-state index < -0.39 is 6.09 Å². The second-order valence-electron chi connectivity index (χ2n) is 3.10. The van der Waals surface area contributed by atoms with Gasteiger partial charge in [-0.05, 0) is 18.1 Å². The number of hydrogen-bond donors (Lipinski definition) is 2. The normalized spacial score (nSPS) is 9.73. The predicted molar refractivity (Wildman–Crippen MR) is 58.2 cm³/mol. The third kappa shape index (κ3) is 3.99. The van der Waals surface area contributed by atoms with E-state index in [1.807, 2.05) is 24.3 Å². The Balaban J connectivity index is 2.46. The van der Waals surface area contributed by atoms with Gasteiger partial charge < -0.3 is 15.8 Å². The van der Waals surface area contributed by atoms with E-state index in [2.05, 4.69) is 5.32 Å². The third-order valence-corrected chi connectivity index (χ3v) is 1.94. The number of benzene rings is 1. The molecule has 1 rings (SSSR count). The average molecular weight is 208 g/mol. The Hall–Kier alpha value is -1.55. The van der Waals surface area contributed by atoms with E-state index in [0.717, 1.165) is 11.1 Å². The van der Waals surface area contributed by atoms with Crippen LogP contribution in [-0.2, 0) is 17.8 Å². The highest BCUT2D eigenvalue weighted by Gasteiger charge is 2.00. The first-order valence-corrected chi connectivity index (χ1v) is 4.94. The van der Waals surface area contributed by atoms with E-state index in [4.69, 9.17) is 10.5 Å². The van der Waals surface area contributed by atoms with Gasteiger partial charge in [-0.25, -0.2) is 4.79 Å².